The van der Waals surface area contributed by atoms with Crippen LogP contribution in [-0.4, -0.2) is 31.4 Å². The minimum atomic E-state index is -0.305. The van der Waals surface area contributed by atoms with Crippen molar-refractivity contribution in [2.75, 3.05) is 0 Å². The largest absolute Gasteiger partial charge is 0.345 e. The third-order valence-corrected chi connectivity index (χ3v) is 1.87. The van der Waals surface area contributed by atoms with Gasteiger partial charge in [0, 0.05) is 5.54 Å². The van der Waals surface area contributed by atoms with Gasteiger partial charge in [0.2, 0.25) is 5.82 Å². The number of hydrogen-bond acceptors (Lipinski definition) is 4. The summed E-state index contributed by atoms with van der Waals surface area (Å²) in [7, 11) is 0. The molecule has 2 aromatic rings. The van der Waals surface area contributed by atoms with Gasteiger partial charge in [-0.2, -0.15) is 0 Å². The Kier molecular flexibility index (Phi) is 2.34. The molecule has 6 heteroatoms. The molecule has 6 nitrogen and oxygen atoms in total. The summed E-state index contributed by atoms with van der Waals surface area (Å²) >= 11 is 0. The van der Waals surface area contributed by atoms with Crippen LogP contribution in [0.25, 0.3) is 11.2 Å². The third kappa shape index (κ3) is 2.16. The number of rotatable bonds is 1. The number of imidazole rings is 1. The maximum absolute atomic E-state index is 11.8. The van der Waals surface area contributed by atoms with Crippen LogP contribution in [0.3, 0.4) is 0 Å². The second-order valence-corrected chi connectivity index (χ2v) is 4.54. The van der Waals surface area contributed by atoms with Crippen LogP contribution in [0.15, 0.2) is 12.5 Å². The van der Waals surface area contributed by atoms with E-state index in [9.17, 15) is 4.79 Å². The predicted molar refractivity (Wildman–Crippen MR) is 58.9 cm³/mol. The van der Waals surface area contributed by atoms with Gasteiger partial charge in [-0.3, -0.25) is 4.79 Å². The first-order valence-corrected chi connectivity index (χ1v) is 4.94. The van der Waals surface area contributed by atoms with Crippen molar-refractivity contribution in [1.29, 1.82) is 0 Å². The molecule has 2 rings (SSSR count). The van der Waals surface area contributed by atoms with Crippen LogP contribution in [0, 0.1) is 0 Å². The maximum atomic E-state index is 11.8. The normalized spacial score (nSPS) is 11.7. The molecule has 0 radical (unpaired) electrons. The van der Waals surface area contributed by atoms with E-state index in [0.717, 1.165) is 0 Å². The van der Waals surface area contributed by atoms with Crippen LogP contribution >= 0.6 is 0 Å². The Balaban J connectivity index is 2.29. The molecule has 2 heterocycles. The lowest BCUT2D eigenvalue weighted by atomic mass is 10.1. The zero-order valence-corrected chi connectivity index (χ0v) is 9.40. The molecule has 0 saturated carbocycles. The van der Waals surface area contributed by atoms with Gasteiger partial charge in [0.25, 0.3) is 5.91 Å². The van der Waals surface area contributed by atoms with E-state index in [0.29, 0.717) is 11.2 Å². The van der Waals surface area contributed by atoms with Gasteiger partial charge in [0.15, 0.2) is 5.65 Å². The lowest BCUT2D eigenvalue weighted by molar-refractivity contribution is 0.0909. The quantitative estimate of drug-likeness (QED) is 0.745. The van der Waals surface area contributed by atoms with Crippen LogP contribution < -0.4 is 5.32 Å². The fourth-order valence-electron chi connectivity index (χ4n) is 1.24. The molecule has 0 aliphatic carbocycles. The second kappa shape index (κ2) is 3.55. The fourth-order valence-corrected chi connectivity index (χ4v) is 1.24. The van der Waals surface area contributed by atoms with Crippen LogP contribution in [0.1, 0.15) is 31.4 Å². The molecule has 16 heavy (non-hydrogen) atoms. The third-order valence-electron chi connectivity index (χ3n) is 1.87. The SMILES string of the molecule is CC(C)(C)NC(=O)c1ncc2[nH]cnc2n1. The van der Waals surface area contributed by atoms with Crippen molar-refractivity contribution < 1.29 is 4.79 Å². The van der Waals surface area contributed by atoms with Crippen LogP contribution in [-0.2, 0) is 0 Å². The van der Waals surface area contributed by atoms with E-state index in [4.69, 9.17) is 0 Å². The van der Waals surface area contributed by atoms with E-state index in [1.54, 1.807) is 6.20 Å². The van der Waals surface area contributed by atoms with Gasteiger partial charge in [-0.05, 0) is 20.8 Å². The highest BCUT2D eigenvalue weighted by atomic mass is 16.2. The van der Waals surface area contributed by atoms with E-state index >= 15 is 0 Å². The number of amides is 1. The van der Waals surface area contributed by atoms with Gasteiger partial charge in [-0.25, -0.2) is 15.0 Å². The summed E-state index contributed by atoms with van der Waals surface area (Å²) < 4.78 is 0. The van der Waals surface area contributed by atoms with E-state index in [1.807, 2.05) is 20.8 Å². The molecule has 0 aliphatic rings. The minimum Gasteiger partial charge on any atom is -0.345 e. The maximum Gasteiger partial charge on any atom is 0.289 e. The van der Waals surface area contributed by atoms with E-state index in [2.05, 4.69) is 25.3 Å². The number of nitrogens with one attached hydrogen (secondary N) is 2. The number of hydrogen-bond donors (Lipinski definition) is 2. The van der Waals surface area contributed by atoms with Gasteiger partial charge in [0.05, 0.1) is 12.5 Å². The first-order valence-electron chi connectivity index (χ1n) is 4.94. The molecule has 0 spiro atoms. The summed E-state index contributed by atoms with van der Waals surface area (Å²) in [4.78, 5) is 26.6. The number of H-pyrrole nitrogens is 1. The van der Waals surface area contributed by atoms with Crippen LogP contribution in [0.5, 0.6) is 0 Å². The molecule has 84 valence electrons. The average molecular weight is 219 g/mol. The zero-order chi connectivity index (χ0) is 11.8. The summed E-state index contributed by atoms with van der Waals surface area (Å²) in [6, 6.07) is 0. The Hall–Kier alpha value is -1.98. The Morgan fingerprint density at radius 2 is 2.12 bits per heavy atom. The van der Waals surface area contributed by atoms with Crippen molar-refractivity contribution in [3.63, 3.8) is 0 Å². The topological polar surface area (TPSA) is 83.6 Å². The van der Waals surface area contributed by atoms with Gasteiger partial charge in [-0.1, -0.05) is 0 Å². The number of carbonyl (C=O) groups is 1. The Morgan fingerprint density at radius 1 is 1.38 bits per heavy atom. The minimum absolute atomic E-state index is 0.134. The zero-order valence-electron chi connectivity index (χ0n) is 9.40. The molecule has 0 bridgehead atoms. The van der Waals surface area contributed by atoms with Crippen molar-refractivity contribution in [2.45, 2.75) is 26.3 Å². The number of aromatic amines is 1. The number of fused-ring (bicyclic) bond motifs is 1. The molecule has 0 saturated heterocycles. The molecule has 0 unspecified atom stereocenters. The highest BCUT2D eigenvalue weighted by molar-refractivity contribution is 5.92. The van der Waals surface area contributed by atoms with Crippen molar-refractivity contribution >= 4 is 17.1 Å². The van der Waals surface area contributed by atoms with Crippen molar-refractivity contribution in [3.05, 3.63) is 18.3 Å². The number of aromatic nitrogens is 4. The Morgan fingerprint density at radius 3 is 2.81 bits per heavy atom. The molecule has 0 fully saturated rings. The van der Waals surface area contributed by atoms with E-state index in [1.165, 1.54) is 6.33 Å². The molecule has 0 aromatic carbocycles. The molecule has 2 N–H and O–H groups in total. The fraction of sp³-hybridized carbons (Fsp3) is 0.400. The van der Waals surface area contributed by atoms with Gasteiger partial charge < -0.3 is 10.3 Å². The van der Waals surface area contributed by atoms with Crippen molar-refractivity contribution in [1.82, 2.24) is 25.3 Å². The summed E-state index contributed by atoms with van der Waals surface area (Å²) in [5.41, 5.74) is 0.905. The number of nitrogens with zero attached hydrogens (tertiary/aromatic N) is 3. The Bertz CT molecular complexity index is 525. The van der Waals surface area contributed by atoms with Crippen molar-refractivity contribution in [2.24, 2.45) is 0 Å². The first kappa shape index (κ1) is 10.5. The van der Waals surface area contributed by atoms with Crippen molar-refractivity contribution in [3.8, 4) is 0 Å². The molecule has 0 aliphatic heterocycles. The van der Waals surface area contributed by atoms with Crippen LogP contribution in [0.2, 0.25) is 0 Å². The predicted octanol–water partition coefficient (Wildman–Crippen LogP) is 0.881. The first-order chi connectivity index (χ1) is 7.46. The summed E-state index contributed by atoms with van der Waals surface area (Å²) in [6.07, 6.45) is 3.07. The van der Waals surface area contributed by atoms with Gasteiger partial charge in [-0.15, -0.1) is 0 Å². The average Bonchev–Trinajstić information content (AvgIpc) is 2.61. The lowest BCUT2D eigenvalue weighted by Crippen LogP contribution is -2.41. The second-order valence-electron chi connectivity index (χ2n) is 4.54. The molecule has 0 atom stereocenters. The molecular formula is C10H13N5O. The summed E-state index contributed by atoms with van der Waals surface area (Å²) in [5.74, 6) is -0.160. The highest BCUT2D eigenvalue weighted by Crippen LogP contribution is 2.05. The molecule has 2 aromatic heterocycles. The van der Waals surface area contributed by atoms with E-state index < -0.39 is 0 Å². The van der Waals surface area contributed by atoms with E-state index in [-0.39, 0.29) is 17.3 Å². The molecule has 1 amide bonds. The highest BCUT2D eigenvalue weighted by Gasteiger charge is 2.17. The summed E-state index contributed by atoms with van der Waals surface area (Å²) in [5, 5.41) is 2.79. The number of carbonyl (C=O) groups excluding carboxylic acids is 1. The summed E-state index contributed by atoms with van der Waals surface area (Å²) in [6.45, 7) is 5.70. The van der Waals surface area contributed by atoms with Gasteiger partial charge >= 0.3 is 0 Å². The monoisotopic (exact) mass is 219 g/mol. The molecular weight excluding hydrogens is 206 g/mol. The smallest absolute Gasteiger partial charge is 0.289 e. The standard InChI is InChI=1S/C10H13N5O/c1-10(2,3)15-9(16)8-11-4-6-7(14-8)13-5-12-6/h4-5H,1-3H3,(H,15,16)(H,11,12,13,14). The Labute approximate surface area is 92.5 Å². The lowest BCUT2D eigenvalue weighted by Gasteiger charge is -2.19. The van der Waals surface area contributed by atoms with Gasteiger partial charge in [0.1, 0.15) is 5.52 Å². The van der Waals surface area contributed by atoms with Crippen LogP contribution in [0.4, 0.5) is 0 Å².